The van der Waals surface area contributed by atoms with Gasteiger partial charge in [-0.2, -0.15) is 0 Å². The van der Waals surface area contributed by atoms with Crippen LogP contribution in [0.3, 0.4) is 0 Å². The van der Waals surface area contributed by atoms with Crippen LogP contribution in [0.4, 0.5) is 0 Å². The van der Waals surface area contributed by atoms with E-state index in [2.05, 4.69) is 15.3 Å². The second kappa shape index (κ2) is 7.52. The highest BCUT2D eigenvalue weighted by molar-refractivity contribution is 6.06. The second-order valence-electron chi connectivity index (χ2n) is 6.55. The maximum absolute atomic E-state index is 12.7. The molecule has 3 aromatic rings. The molecule has 0 unspecified atom stereocenters. The van der Waals surface area contributed by atoms with E-state index in [1.54, 1.807) is 12.4 Å². The number of carbonyl (C=O) groups is 1. The predicted molar refractivity (Wildman–Crippen MR) is 100 cm³/mol. The van der Waals surface area contributed by atoms with Crippen molar-refractivity contribution in [1.82, 2.24) is 15.3 Å². The Labute approximate surface area is 152 Å². The molecule has 0 spiro atoms. The number of rotatable bonds is 5. The summed E-state index contributed by atoms with van der Waals surface area (Å²) in [6.07, 6.45) is 8.26. The number of benzene rings is 1. The lowest BCUT2D eigenvalue weighted by Gasteiger charge is -2.15. The smallest absolute Gasteiger partial charge is 0.252 e. The van der Waals surface area contributed by atoms with E-state index >= 15 is 0 Å². The number of amides is 1. The zero-order valence-electron chi connectivity index (χ0n) is 14.5. The molecule has 1 aromatic carbocycles. The molecule has 0 radical (unpaired) electrons. The van der Waals surface area contributed by atoms with Crippen molar-refractivity contribution in [3.63, 3.8) is 0 Å². The van der Waals surface area contributed by atoms with Gasteiger partial charge in [0, 0.05) is 35.5 Å². The van der Waals surface area contributed by atoms with Gasteiger partial charge in [-0.15, -0.1) is 0 Å². The van der Waals surface area contributed by atoms with E-state index in [0.717, 1.165) is 29.3 Å². The number of nitrogens with one attached hydrogen (secondary N) is 1. The summed E-state index contributed by atoms with van der Waals surface area (Å²) in [4.78, 5) is 21.4. The molecule has 1 aliphatic rings. The normalized spacial score (nSPS) is 14.5. The Morgan fingerprint density at radius 3 is 2.73 bits per heavy atom. The van der Waals surface area contributed by atoms with E-state index in [-0.39, 0.29) is 12.0 Å². The lowest BCUT2D eigenvalue weighted by molar-refractivity contribution is 0.0952. The molecule has 5 nitrogen and oxygen atoms in total. The Balaban J connectivity index is 1.49. The van der Waals surface area contributed by atoms with Gasteiger partial charge >= 0.3 is 0 Å². The predicted octanol–water partition coefficient (Wildman–Crippen LogP) is 3.88. The average molecular weight is 347 g/mol. The molecule has 0 atom stereocenters. The van der Waals surface area contributed by atoms with Gasteiger partial charge in [0.1, 0.15) is 6.10 Å². The van der Waals surface area contributed by atoms with Gasteiger partial charge in [0.25, 0.3) is 5.91 Å². The minimum atomic E-state index is -0.126. The number of fused-ring (bicyclic) bond motifs is 1. The van der Waals surface area contributed by atoms with Gasteiger partial charge in [0.2, 0.25) is 5.88 Å². The molecule has 1 fully saturated rings. The zero-order valence-corrected chi connectivity index (χ0v) is 14.5. The van der Waals surface area contributed by atoms with Crippen LogP contribution in [0.2, 0.25) is 0 Å². The Hall–Kier alpha value is -2.95. The molecular weight excluding hydrogens is 326 g/mol. The van der Waals surface area contributed by atoms with Crippen LogP contribution in [0.15, 0.2) is 54.9 Å². The molecule has 1 amide bonds. The van der Waals surface area contributed by atoms with E-state index in [0.29, 0.717) is 18.0 Å². The van der Waals surface area contributed by atoms with Gasteiger partial charge < -0.3 is 10.1 Å². The molecule has 0 aliphatic heterocycles. The average Bonchev–Trinajstić information content (AvgIpc) is 3.20. The fraction of sp³-hybridized carbons (Fsp3) is 0.286. The van der Waals surface area contributed by atoms with Crippen LogP contribution in [0.5, 0.6) is 5.88 Å². The molecule has 4 rings (SSSR count). The summed E-state index contributed by atoms with van der Waals surface area (Å²) in [6, 6.07) is 13.1. The molecule has 0 saturated heterocycles. The standard InChI is InChI=1S/C21H21N3O2/c25-20(18-9-3-11-19-17(18)10-5-12-22-19)24-14-15-6-4-13-23-21(15)26-16-7-1-2-8-16/h3-6,9-13,16H,1-2,7-8,14H2,(H,24,25). The maximum Gasteiger partial charge on any atom is 0.252 e. The fourth-order valence-electron chi connectivity index (χ4n) is 3.40. The first kappa shape index (κ1) is 16.5. The summed E-state index contributed by atoms with van der Waals surface area (Å²) in [5.74, 6) is 0.499. The first-order chi connectivity index (χ1) is 12.8. The lowest BCUT2D eigenvalue weighted by Crippen LogP contribution is -2.24. The molecular formula is C21H21N3O2. The zero-order chi connectivity index (χ0) is 17.8. The SMILES string of the molecule is O=C(NCc1cccnc1OC1CCCC1)c1cccc2ncccc12. The Morgan fingerprint density at radius 1 is 1.04 bits per heavy atom. The number of ether oxygens (including phenoxy) is 1. The van der Waals surface area contributed by atoms with E-state index in [9.17, 15) is 4.79 Å². The van der Waals surface area contributed by atoms with Gasteiger partial charge in [-0.05, 0) is 49.9 Å². The van der Waals surface area contributed by atoms with Crippen LogP contribution >= 0.6 is 0 Å². The van der Waals surface area contributed by atoms with Gasteiger partial charge in [-0.3, -0.25) is 9.78 Å². The second-order valence-corrected chi connectivity index (χ2v) is 6.55. The van der Waals surface area contributed by atoms with Crippen molar-refractivity contribution in [3.05, 3.63) is 66.0 Å². The largest absolute Gasteiger partial charge is 0.474 e. The quantitative estimate of drug-likeness (QED) is 0.761. The highest BCUT2D eigenvalue weighted by atomic mass is 16.5. The minimum Gasteiger partial charge on any atom is -0.474 e. The highest BCUT2D eigenvalue weighted by Crippen LogP contribution is 2.25. The van der Waals surface area contributed by atoms with Crippen LogP contribution in [0.25, 0.3) is 10.9 Å². The van der Waals surface area contributed by atoms with Gasteiger partial charge in [-0.1, -0.05) is 18.2 Å². The van der Waals surface area contributed by atoms with Crippen LogP contribution in [0, 0.1) is 0 Å². The summed E-state index contributed by atoms with van der Waals surface area (Å²) in [5.41, 5.74) is 2.33. The molecule has 5 heteroatoms. The number of hydrogen-bond donors (Lipinski definition) is 1. The van der Waals surface area contributed by atoms with Crippen molar-refractivity contribution in [2.24, 2.45) is 0 Å². The van der Waals surface area contributed by atoms with Crippen LogP contribution in [-0.4, -0.2) is 22.0 Å². The number of aromatic nitrogens is 2. The minimum absolute atomic E-state index is 0.126. The summed E-state index contributed by atoms with van der Waals surface area (Å²) >= 11 is 0. The van der Waals surface area contributed by atoms with E-state index in [1.807, 2.05) is 42.5 Å². The summed E-state index contributed by atoms with van der Waals surface area (Å²) in [7, 11) is 0. The van der Waals surface area contributed by atoms with Gasteiger partial charge in [0.15, 0.2) is 0 Å². The lowest BCUT2D eigenvalue weighted by atomic mass is 10.1. The third-order valence-electron chi connectivity index (χ3n) is 4.76. The molecule has 1 aliphatic carbocycles. The van der Waals surface area contributed by atoms with Crippen molar-refractivity contribution in [3.8, 4) is 5.88 Å². The molecule has 1 saturated carbocycles. The van der Waals surface area contributed by atoms with E-state index in [1.165, 1.54) is 12.8 Å². The van der Waals surface area contributed by atoms with E-state index in [4.69, 9.17) is 4.74 Å². The molecule has 26 heavy (non-hydrogen) atoms. The number of nitrogens with zero attached hydrogens (tertiary/aromatic N) is 2. The first-order valence-corrected chi connectivity index (χ1v) is 9.04. The highest BCUT2D eigenvalue weighted by Gasteiger charge is 2.19. The number of carbonyl (C=O) groups excluding carboxylic acids is 1. The fourth-order valence-corrected chi connectivity index (χ4v) is 3.40. The Bertz CT molecular complexity index is 915. The van der Waals surface area contributed by atoms with Crippen LogP contribution < -0.4 is 10.1 Å². The van der Waals surface area contributed by atoms with Gasteiger partial charge in [0.05, 0.1) is 5.52 Å². The molecule has 2 heterocycles. The molecule has 0 bridgehead atoms. The molecule has 1 N–H and O–H groups in total. The van der Waals surface area contributed by atoms with Crippen molar-refractivity contribution >= 4 is 16.8 Å². The summed E-state index contributed by atoms with van der Waals surface area (Å²) in [5, 5.41) is 3.83. The van der Waals surface area contributed by atoms with Crippen molar-refractivity contribution in [2.75, 3.05) is 0 Å². The topological polar surface area (TPSA) is 64.1 Å². The third-order valence-corrected chi connectivity index (χ3v) is 4.76. The van der Waals surface area contributed by atoms with Crippen molar-refractivity contribution in [2.45, 2.75) is 38.3 Å². The Morgan fingerprint density at radius 2 is 1.85 bits per heavy atom. The first-order valence-electron chi connectivity index (χ1n) is 9.04. The van der Waals surface area contributed by atoms with Crippen molar-refractivity contribution in [1.29, 1.82) is 0 Å². The van der Waals surface area contributed by atoms with Crippen molar-refractivity contribution < 1.29 is 9.53 Å². The number of pyridine rings is 2. The maximum atomic E-state index is 12.7. The Kier molecular flexibility index (Phi) is 4.78. The summed E-state index contributed by atoms with van der Waals surface area (Å²) in [6.45, 7) is 0.380. The monoisotopic (exact) mass is 347 g/mol. The third kappa shape index (κ3) is 3.52. The van der Waals surface area contributed by atoms with Crippen LogP contribution in [-0.2, 0) is 6.54 Å². The van der Waals surface area contributed by atoms with E-state index < -0.39 is 0 Å². The summed E-state index contributed by atoms with van der Waals surface area (Å²) < 4.78 is 6.04. The molecule has 132 valence electrons. The number of hydrogen-bond acceptors (Lipinski definition) is 4. The molecule has 2 aromatic heterocycles. The van der Waals surface area contributed by atoms with Crippen LogP contribution in [0.1, 0.15) is 41.6 Å². The van der Waals surface area contributed by atoms with Gasteiger partial charge in [-0.25, -0.2) is 4.98 Å².